The number of halogens is 1. The predicted molar refractivity (Wildman–Crippen MR) is 63.1 cm³/mol. The number of aryl methyl sites for hydroxylation is 2. The molecule has 0 spiro atoms. The molecule has 0 aromatic heterocycles. The average molecular weight is 205 g/mol. The summed E-state index contributed by atoms with van der Waals surface area (Å²) in [5.41, 5.74) is 2.76. The fourth-order valence-corrected chi connectivity index (χ4v) is 2.20. The van der Waals surface area contributed by atoms with E-state index < -0.39 is 0 Å². The summed E-state index contributed by atoms with van der Waals surface area (Å²) in [5, 5.41) is 3.30. The molecule has 0 atom stereocenters. The highest BCUT2D eigenvalue weighted by atomic mass is 35.5. The van der Waals surface area contributed by atoms with Gasteiger partial charge in [-0.05, 0) is 35.9 Å². The summed E-state index contributed by atoms with van der Waals surface area (Å²) in [6.45, 7) is 4.34. The monoisotopic (exact) mass is 204 g/mol. The van der Waals surface area contributed by atoms with E-state index in [1.807, 2.05) is 12.1 Å². The molecule has 72 valence electrons. The van der Waals surface area contributed by atoms with Crippen LogP contribution in [0.1, 0.15) is 18.1 Å². The van der Waals surface area contributed by atoms with Crippen molar-refractivity contribution in [2.24, 2.45) is 0 Å². The molecule has 0 fully saturated rings. The minimum Gasteiger partial charge on any atom is -0.0837 e. The normalized spacial score (nSPS) is 10.8. The molecule has 0 nitrogen and oxygen atoms in total. The Balaban J connectivity index is 2.88. The van der Waals surface area contributed by atoms with Crippen LogP contribution in [-0.4, -0.2) is 0 Å². The van der Waals surface area contributed by atoms with Gasteiger partial charge in [-0.2, -0.15) is 0 Å². The second-order valence-electron chi connectivity index (χ2n) is 3.55. The Bertz CT molecular complexity index is 472. The quantitative estimate of drug-likeness (QED) is 0.648. The van der Waals surface area contributed by atoms with Gasteiger partial charge in [0.15, 0.2) is 0 Å². The zero-order chi connectivity index (χ0) is 10.1. The van der Waals surface area contributed by atoms with E-state index >= 15 is 0 Å². The lowest BCUT2D eigenvalue weighted by Crippen LogP contribution is -1.88. The SMILES string of the molecule is CCc1c(C)ccc2c(Cl)cccc12. The van der Waals surface area contributed by atoms with Gasteiger partial charge >= 0.3 is 0 Å². The number of rotatable bonds is 1. The Morgan fingerprint density at radius 2 is 1.86 bits per heavy atom. The molecule has 2 rings (SSSR count). The van der Waals surface area contributed by atoms with Crippen LogP contribution in [0.3, 0.4) is 0 Å². The summed E-state index contributed by atoms with van der Waals surface area (Å²) in [6, 6.07) is 10.4. The summed E-state index contributed by atoms with van der Waals surface area (Å²) in [5.74, 6) is 0. The first-order valence-corrected chi connectivity index (χ1v) is 5.28. The molecule has 0 aliphatic rings. The molecular weight excluding hydrogens is 192 g/mol. The first kappa shape index (κ1) is 9.54. The minimum atomic E-state index is 0.845. The summed E-state index contributed by atoms with van der Waals surface area (Å²) in [4.78, 5) is 0. The highest BCUT2D eigenvalue weighted by Crippen LogP contribution is 2.28. The molecule has 0 N–H and O–H groups in total. The van der Waals surface area contributed by atoms with E-state index in [4.69, 9.17) is 11.6 Å². The topological polar surface area (TPSA) is 0 Å². The van der Waals surface area contributed by atoms with Gasteiger partial charge in [-0.1, -0.05) is 42.8 Å². The zero-order valence-electron chi connectivity index (χ0n) is 8.47. The summed E-state index contributed by atoms with van der Waals surface area (Å²) >= 11 is 6.14. The van der Waals surface area contributed by atoms with E-state index in [1.54, 1.807) is 0 Å². The number of benzene rings is 2. The second kappa shape index (κ2) is 3.62. The molecule has 0 amide bonds. The molecule has 0 saturated heterocycles. The molecule has 0 saturated carbocycles. The molecular formula is C13H13Cl. The summed E-state index contributed by atoms with van der Waals surface area (Å²) < 4.78 is 0. The third kappa shape index (κ3) is 1.40. The average Bonchev–Trinajstić information content (AvgIpc) is 2.18. The maximum Gasteiger partial charge on any atom is 0.0484 e. The van der Waals surface area contributed by atoms with Gasteiger partial charge in [0, 0.05) is 10.4 Å². The lowest BCUT2D eigenvalue weighted by atomic mass is 9.98. The smallest absolute Gasteiger partial charge is 0.0484 e. The third-order valence-electron chi connectivity index (χ3n) is 2.71. The van der Waals surface area contributed by atoms with Gasteiger partial charge in [0.1, 0.15) is 0 Å². The van der Waals surface area contributed by atoms with Crippen molar-refractivity contribution >= 4 is 22.4 Å². The van der Waals surface area contributed by atoms with Crippen LogP contribution < -0.4 is 0 Å². The van der Waals surface area contributed by atoms with Crippen molar-refractivity contribution in [2.45, 2.75) is 20.3 Å². The zero-order valence-corrected chi connectivity index (χ0v) is 9.23. The Morgan fingerprint density at radius 3 is 2.57 bits per heavy atom. The summed E-state index contributed by atoms with van der Waals surface area (Å²) in [7, 11) is 0. The minimum absolute atomic E-state index is 0.845. The van der Waals surface area contributed by atoms with Gasteiger partial charge in [-0.3, -0.25) is 0 Å². The van der Waals surface area contributed by atoms with E-state index in [0.29, 0.717) is 0 Å². The molecule has 1 heteroatoms. The van der Waals surface area contributed by atoms with Crippen LogP contribution in [0.5, 0.6) is 0 Å². The van der Waals surface area contributed by atoms with Gasteiger partial charge in [-0.25, -0.2) is 0 Å². The van der Waals surface area contributed by atoms with Crippen molar-refractivity contribution in [3.8, 4) is 0 Å². The van der Waals surface area contributed by atoms with Crippen LogP contribution in [0.4, 0.5) is 0 Å². The third-order valence-corrected chi connectivity index (χ3v) is 3.04. The lowest BCUT2D eigenvalue weighted by molar-refractivity contribution is 1.13. The van der Waals surface area contributed by atoms with Crippen LogP contribution in [0.2, 0.25) is 5.02 Å². The van der Waals surface area contributed by atoms with E-state index in [1.165, 1.54) is 16.5 Å². The molecule has 14 heavy (non-hydrogen) atoms. The Labute approximate surface area is 89.5 Å². The highest BCUT2D eigenvalue weighted by molar-refractivity contribution is 6.35. The van der Waals surface area contributed by atoms with E-state index in [0.717, 1.165) is 16.8 Å². The van der Waals surface area contributed by atoms with Gasteiger partial charge in [0.25, 0.3) is 0 Å². The molecule has 0 radical (unpaired) electrons. The standard InChI is InChI=1S/C13H13Cl/c1-3-10-9(2)7-8-12-11(10)5-4-6-13(12)14/h4-8H,3H2,1-2H3. The Kier molecular flexibility index (Phi) is 2.47. The summed E-state index contributed by atoms with van der Waals surface area (Å²) in [6.07, 6.45) is 1.06. The fourth-order valence-electron chi connectivity index (χ4n) is 1.96. The van der Waals surface area contributed by atoms with Gasteiger partial charge < -0.3 is 0 Å². The number of fused-ring (bicyclic) bond motifs is 1. The van der Waals surface area contributed by atoms with Crippen molar-refractivity contribution in [1.82, 2.24) is 0 Å². The first-order chi connectivity index (χ1) is 6.74. The van der Waals surface area contributed by atoms with E-state index in [9.17, 15) is 0 Å². The van der Waals surface area contributed by atoms with Gasteiger partial charge in [0.2, 0.25) is 0 Å². The van der Waals surface area contributed by atoms with Crippen LogP contribution in [-0.2, 0) is 6.42 Å². The van der Waals surface area contributed by atoms with Gasteiger partial charge in [-0.15, -0.1) is 0 Å². The lowest BCUT2D eigenvalue weighted by Gasteiger charge is -2.08. The first-order valence-electron chi connectivity index (χ1n) is 4.90. The Hall–Kier alpha value is -1.01. The number of hydrogen-bond donors (Lipinski definition) is 0. The van der Waals surface area contributed by atoms with Crippen molar-refractivity contribution in [2.75, 3.05) is 0 Å². The molecule has 0 unspecified atom stereocenters. The fraction of sp³-hybridized carbons (Fsp3) is 0.231. The maximum atomic E-state index is 6.14. The van der Waals surface area contributed by atoms with Crippen molar-refractivity contribution in [3.05, 3.63) is 46.5 Å². The molecule has 2 aromatic carbocycles. The molecule has 0 aliphatic carbocycles. The predicted octanol–water partition coefficient (Wildman–Crippen LogP) is 4.36. The molecule has 0 aliphatic heterocycles. The van der Waals surface area contributed by atoms with Crippen LogP contribution in [0.25, 0.3) is 10.8 Å². The molecule has 0 heterocycles. The van der Waals surface area contributed by atoms with Crippen molar-refractivity contribution in [1.29, 1.82) is 0 Å². The second-order valence-corrected chi connectivity index (χ2v) is 3.96. The van der Waals surface area contributed by atoms with Crippen LogP contribution in [0, 0.1) is 6.92 Å². The van der Waals surface area contributed by atoms with Crippen molar-refractivity contribution in [3.63, 3.8) is 0 Å². The van der Waals surface area contributed by atoms with E-state index in [2.05, 4.69) is 32.0 Å². The Morgan fingerprint density at radius 1 is 1.07 bits per heavy atom. The van der Waals surface area contributed by atoms with Crippen molar-refractivity contribution < 1.29 is 0 Å². The highest BCUT2D eigenvalue weighted by Gasteiger charge is 2.04. The maximum absolute atomic E-state index is 6.14. The van der Waals surface area contributed by atoms with E-state index in [-0.39, 0.29) is 0 Å². The van der Waals surface area contributed by atoms with Crippen LogP contribution >= 0.6 is 11.6 Å². The van der Waals surface area contributed by atoms with Crippen LogP contribution in [0.15, 0.2) is 30.3 Å². The number of hydrogen-bond acceptors (Lipinski definition) is 0. The van der Waals surface area contributed by atoms with Gasteiger partial charge in [0.05, 0.1) is 0 Å². The molecule has 2 aromatic rings. The molecule has 0 bridgehead atoms. The largest absolute Gasteiger partial charge is 0.0837 e.